The number of nitrogens with one attached hydrogen (secondary N) is 1. The summed E-state index contributed by atoms with van der Waals surface area (Å²) < 4.78 is 2.80. The fourth-order valence-corrected chi connectivity index (χ4v) is 2.29. The van der Waals surface area contributed by atoms with Gasteiger partial charge in [-0.3, -0.25) is 4.40 Å². The third-order valence-corrected chi connectivity index (χ3v) is 3.99. The van der Waals surface area contributed by atoms with Gasteiger partial charge >= 0.3 is 0 Å². The van der Waals surface area contributed by atoms with Gasteiger partial charge in [-0.15, -0.1) is 0 Å². The summed E-state index contributed by atoms with van der Waals surface area (Å²) in [5.41, 5.74) is 1.86. The Hall–Kier alpha value is -0.980. The Morgan fingerprint density at radius 3 is 2.89 bits per heavy atom. The molecule has 5 nitrogen and oxygen atoms in total. The predicted octanol–water partition coefficient (Wildman–Crippen LogP) is 2.13. The predicted molar refractivity (Wildman–Crippen MR) is 77.9 cm³/mol. The van der Waals surface area contributed by atoms with Gasteiger partial charge < -0.3 is 10.4 Å². The van der Waals surface area contributed by atoms with Gasteiger partial charge in [-0.1, -0.05) is 6.92 Å². The van der Waals surface area contributed by atoms with Crippen molar-refractivity contribution < 1.29 is 5.11 Å². The molecular weight excluding hydrogens is 308 g/mol. The van der Waals surface area contributed by atoms with E-state index in [1.165, 1.54) is 0 Å². The Morgan fingerprint density at radius 2 is 2.21 bits per heavy atom. The molecule has 0 spiro atoms. The number of rotatable bonds is 6. The lowest BCUT2D eigenvalue weighted by molar-refractivity contribution is 0.214. The molecule has 0 fully saturated rings. The quantitative estimate of drug-likeness (QED) is 0.853. The van der Waals surface area contributed by atoms with Crippen molar-refractivity contribution in [3.8, 4) is 0 Å². The third kappa shape index (κ3) is 3.32. The summed E-state index contributed by atoms with van der Waals surface area (Å²) in [7, 11) is 0. The van der Waals surface area contributed by atoms with Crippen LogP contribution in [0.25, 0.3) is 5.65 Å². The van der Waals surface area contributed by atoms with Crippen LogP contribution in [0.15, 0.2) is 23.2 Å². The Kier molecular flexibility index (Phi) is 4.54. The molecule has 0 saturated heterocycles. The summed E-state index contributed by atoms with van der Waals surface area (Å²) >= 11 is 3.37. The summed E-state index contributed by atoms with van der Waals surface area (Å²) in [6.45, 7) is 5.16. The summed E-state index contributed by atoms with van der Waals surface area (Å²) in [5.74, 6) is 0. The van der Waals surface area contributed by atoms with E-state index in [9.17, 15) is 0 Å². The van der Waals surface area contributed by atoms with E-state index in [0.717, 1.165) is 28.8 Å². The fourth-order valence-electron chi connectivity index (χ4n) is 1.99. The van der Waals surface area contributed by atoms with Crippen LogP contribution in [0.2, 0.25) is 0 Å². The lowest BCUT2D eigenvalue weighted by Gasteiger charge is -2.29. The number of aromatic nitrogens is 3. The van der Waals surface area contributed by atoms with Gasteiger partial charge in [-0.25, -0.2) is 9.97 Å². The molecule has 2 aromatic heterocycles. The molecule has 1 atom stereocenters. The SMILES string of the molecule is CCC(C)(CCO)NCc1cnc2cnc(Br)cn12. The van der Waals surface area contributed by atoms with Crippen molar-refractivity contribution in [2.75, 3.05) is 6.61 Å². The lowest BCUT2D eigenvalue weighted by atomic mass is 9.95. The van der Waals surface area contributed by atoms with Gasteiger partial charge in [0, 0.05) is 24.9 Å². The molecule has 0 aromatic carbocycles. The normalized spacial score (nSPS) is 14.7. The van der Waals surface area contributed by atoms with E-state index < -0.39 is 0 Å². The molecule has 0 radical (unpaired) electrons. The number of fused-ring (bicyclic) bond motifs is 1. The van der Waals surface area contributed by atoms with E-state index in [-0.39, 0.29) is 12.1 Å². The van der Waals surface area contributed by atoms with Crippen molar-refractivity contribution in [3.05, 3.63) is 28.9 Å². The summed E-state index contributed by atoms with van der Waals surface area (Å²) in [6.07, 6.45) is 7.21. The van der Waals surface area contributed by atoms with Crippen LogP contribution in [0.4, 0.5) is 0 Å². The van der Waals surface area contributed by atoms with Crippen LogP contribution >= 0.6 is 15.9 Å². The average Bonchev–Trinajstić information content (AvgIpc) is 2.79. The van der Waals surface area contributed by atoms with Crippen molar-refractivity contribution in [2.45, 2.75) is 38.8 Å². The Balaban J connectivity index is 2.15. The highest BCUT2D eigenvalue weighted by Gasteiger charge is 2.20. The van der Waals surface area contributed by atoms with Gasteiger partial charge in [0.15, 0.2) is 5.65 Å². The molecular formula is C13H19BrN4O. The Labute approximate surface area is 121 Å². The molecule has 0 aliphatic rings. The highest BCUT2D eigenvalue weighted by atomic mass is 79.9. The van der Waals surface area contributed by atoms with Gasteiger partial charge in [0.2, 0.25) is 0 Å². The minimum Gasteiger partial charge on any atom is -0.396 e. The Morgan fingerprint density at radius 1 is 1.42 bits per heavy atom. The average molecular weight is 327 g/mol. The highest BCUT2D eigenvalue weighted by Crippen LogP contribution is 2.16. The third-order valence-electron chi connectivity index (χ3n) is 3.58. The van der Waals surface area contributed by atoms with Crippen LogP contribution < -0.4 is 5.32 Å². The molecule has 0 bridgehead atoms. The number of hydrogen-bond acceptors (Lipinski definition) is 4. The molecule has 0 amide bonds. The fraction of sp³-hybridized carbons (Fsp3) is 0.538. The van der Waals surface area contributed by atoms with Crippen LogP contribution in [-0.2, 0) is 6.54 Å². The van der Waals surface area contributed by atoms with Gasteiger partial charge in [0.05, 0.1) is 18.1 Å². The molecule has 2 rings (SSSR count). The highest BCUT2D eigenvalue weighted by molar-refractivity contribution is 9.10. The second-order valence-electron chi connectivity index (χ2n) is 4.93. The van der Waals surface area contributed by atoms with Gasteiger partial charge in [0.25, 0.3) is 0 Å². The van der Waals surface area contributed by atoms with E-state index in [2.05, 4.69) is 45.1 Å². The van der Waals surface area contributed by atoms with Crippen molar-refractivity contribution in [1.29, 1.82) is 0 Å². The first-order valence-corrected chi connectivity index (χ1v) is 7.20. The van der Waals surface area contributed by atoms with Crippen LogP contribution in [0.3, 0.4) is 0 Å². The molecule has 2 heterocycles. The number of imidazole rings is 1. The molecule has 0 saturated carbocycles. The van der Waals surface area contributed by atoms with E-state index in [1.54, 1.807) is 6.20 Å². The van der Waals surface area contributed by atoms with Crippen molar-refractivity contribution in [2.24, 2.45) is 0 Å². The summed E-state index contributed by atoms with van der Waals surface area (Å²) in [5, 5.41) is 12.6. The van der Waals surface area contributed by atoms with Gasteiger partial charge in [0.1, 0.15) is 4.60 Å². The maximum Gasteiger partial charge on any atom is 0.155 e. The van der Waals surface area contributed by atoms with E-state index in [0.29, 0.717) is 6.54 Å². The topological polar surface area (TPSA) is 62.5 Å². The molecule has 6 heteroatoms. The molecule has 19 heavy (non-hydrogen) atoms. The standard InChI is InChI=1S/C13H19BrN4O/c1-3-13(2,4-5-19)17-7-10-6-16-12-8-15-11(14)9-18(10)12/h6,8-9,17,19H,3-5,7H2,1-2H3. The zero-order chi connectivity index (χ0) is 13.9. The van der Waals surface area contributed by atoms with Crippen molar-refractivity contribution >= 4 is 21.6 Å². The number of aliphatic hydroxyl groups excluding tert-OH is 1. The van der Waals surface area contributed by atoms with Crippen molar-refractivity contribution in [3.63, 3.8) is 0 Å². The zero-order valence-electron chi connectivity index (χ0n) is 11.2. The number of aliphatic hydroxyl groups is 1. The molecule has 2 N–H and O–H groups in total. The molecule has 0 aliphatic heterocycles. The first-order chi connectivity index (χ1) is 9.08. The van der Waals surface area contributed by atoms with E-state index >= 15 is 0 Å². The summed E-state index contributed by atoms with van der Waals surface area (Å²) in [6, 6.07) is 0. The van der Waals surface area contributed by atoms with Gasteiger partial charge in [-0.05, 0) is 35.7 Å². The summed E-state index contributed by atoms with van der Waals surface area (Å²) in [4.78, 5) is 8.48. The Bertz CT molecular complexity index is 557. The largest absolute Gasteiger partial charge is 0.396 e. The van der Waals surface area contributed by atoms with E-state index in [4.69, 9.17) is 5.11 Å². The minimum absolute atomic E-state index is 0.0524. The molecule has 0 aliphatic carbocycles. The smallest absolute Gasteiger partial charge is 0.155 e. The van der Waals surface area contributed by atoms with Gasteiger partial charge in [-0.2, -0.15) is 0 Å². The second kappa shape index (κ2) is 5.98. The lowest BCUT2D eigenvalue weighted by Crippen LogP contribution is -2.42. The van der Waals surface area contributed by atoms with E-state index in [1.807, 2.05) is 16.8 Å². The van der Waals surface area contributed by atoms with Crippen LogP contribution in [0, 0.1) is 0 Å². The maximum atomic E-state index is 9.13. The first kappa shape index (κ1) is 14.4. The van der Waals surface area contributed by atoms with Crippen molar-refractivity contribution in [1.82, 2.24) is 19.7 Å². The monoisotopic (exact) mass is 326 g/mol. The molecule has 2 aromatic rings. The number of nitrogens with zero attached hydrogens (tertiary/aromatic N) is 3. The van der Waals surface area contributed by atoms with Crippen LogP contribution in [-0.4, -0.2) is 31.6 Å². The second-order valence-corrected chi connectivity index (χ2v) is 5.74. The van der Waals surface area contributed by atoms with Crippen LogP contribution in [0.1, 0.15) is 32.4 Å². The molecule has 104 valence electrons. The molecule has 1 unspecified atom stereocenters. The van der Waals surface area contributed by atoms with Crippen LogP contribution in [0.5, 0.6) is 0 Å². The number of hydrogen-bond donors (Lipinski definition) is 2. The minimum atomic E-state index is -0.0524. The first-order valence-electron chi connectivity index (χ1n) is 6.41. The number of halogens is 1. The zero-order valence-corrected chi connectivity index (χ0v) is 12.8. The maximum absolute atomic E-state index is 9.13.